The van der Waals surface area contributed by atoms with Gasteiger partial charge in [-0.25, -0.2) is 8.42 Å². The number of piperidine rings is 1. The van der Waals surface area contributed by atoms with Crippen molar-refractivity contribution in [3.63, 3.8) is 0 Å². The van der Waals surface area contributed by atoms with Crippen LogP contribution in [-0.4, -0.2) is 38.8 Å². The summed E-state index contributed by atoms with van der Waals surface area (Å²) in [7, 11) is -2.19. The van der Waals surface area contributed by atoms with Gasteiger partial charge in [0, 0.05) is 19.0 Å². The maximum atomic E-state index is 13.2. The van der Waals surface area contributed by atoms with Crippen LogP contribution < -0.4 is 10.1 Å². The number of benzene rings is 2. The van der Waals surface area contributed by atoms with E-state index in [0.29, 0.717) is 31.7 Å². The van der Waals surface area contributed by atoms with Crippen molar-refractivity contribution in [3.05, 3.63) is 59.2 Å². The van der Waals surface area contributed by atoms with Crippen molar-refractivity contribution in [2.45, 2.75) is 50.0 Å². The number of fused-ring (bicyclic) bond motifs is 1. The van der Waals surface area contributed by atoms with Gasteiger partial charge in [-0.05, 0) is 67.9 Å². The van der Waals surface area contributed by atoms with E-state index in [1.807, 2.05) is 25.1 Å². The summed E-state index contributed by atoms with van der Waals surface area (Å²) in [6.07, 6.45) is 4.11. The highest BCUT2D eigenvalue weighted by Crippen LogP contribution is 2.32. The maximum Gasteiger partial charge on any atom is 0.246 e. The standard InChI is InChI=1S/C24H30N2O4S/c1-17-10-11-22(30-2)23(16-17)31(28,29)26-14-12-19(13-15-26)24(27)25-21-9-5-7-18-6-3-4-8-20(18)21/h3-4,6,8,10-11,16,19,21H,5,7,9,12-15H2,1-2H3,(H,25,27). The van der Waals surface area contributed by atoms with Gasteiger partial charge in [-0.15, -0.1) is 0 Å². The lowest BCUT2D eigenvalue weighted by atomic mass is 9.87. The third kappa shape index (κ3) is 4.48. The highest BCUT2D eigenvalue weighted by Gasteiger charge is 2.34. The van der Waals surface area contributed by atoms with E-state index in [1.165, 1.54) is 22.5 Å². The van der Waals surface area contributed by atoms with Gasteiger partial charge < -0.3 is 10.1 Å². The normalized spacial score (nSPS) is 20.1. The number of carbonyl (C=O) groups excluding carboxylic acids is 1. The minimum Gasteiger partial charge on any atom is -0.495 e. The largest absolute Gasteiger partial charge is 0.495 e. The summed E-state index contributed by atoms with van der Waals surface area (Å²) in [6, 6.07) is 13.5. The van der Waals surface area contributed by atoms with Crippen molar-refractivity contribution >= 4 is 15.9 Å². The van der Waals surface area contributed by atoms with E-state index in [4.69, 9.17) is 4.74 Å². The Bertz CT molecular complexity index is 1060. The average Bonchev–Trinajstić information content (AvgIpc) is 2.79. The Morgan fingerprint density at radius 2 is 1.84 bits per heavy atom. The van der Waals surface area contributed by atoms with Gasteiger partial charge in [0.1, 0.15) is 10.6 Å². The lowest BCUT2D eigenvalue weighted by Gasteiger charge is -2.33. The van der Waals surface area contributed by atoms with Crippen molar-refractivity contribution in [2.24, 2.45) is 5.92 Å². The van der Waals surface area contributed by atoms with Gasteiger partial charge >= 0.3 is 0 Å². The van der Waals surface area contributed by atoms with Crippen LogP contribution in [0.25, 0.3) is 0 Å². The highest BCUT2D eigenvalue weighted by atomic mass is 32.2. The van der Waals surface area contributed by atoms with Crippen molar-refractivity contribution in [3.8, 4) is 5.75 Å². The van der Waals surface area contributed by atoms with Crippen LogP contribution in [0.5, 0.6) is 5.75 Å². The summed E-state index contributed by atoms with van der Waals surface area (Å²) in [4.78, 5) is 13.1. The number of rotatable bonds is 5. The summed E-state index contributed by atoms with van der Waals surface area (Å²) >= 11 is 0. The van der Waals surface area contributed by atoms with Crippen LogP contribution in [0.1, 0.15) is 48.4 Å². The van der Waals surface area contributed by atoms with E-state index in [0.717, 1.165) is 24.8 Å². The Kier molecular flexibility index (Phi) is 6.34. The fraction of sp³-hybridized carbons (Fsp3) is 0.458. The van der Waals surface area contributed by atoms with Crippen LogP contribution in [0.4, 0.5) is 0 Å². The molecule has 1 unspecified atom stereocenters. The molecular weight excluding hydrogens is 412 g/mol. The van der Waals surface area contributed by atoms with Crippen LogP contribution in [0.2, 0.25) is 0 Å². The predicted octanol–water partition coefficient (Wildman–Crippen LogP) is 3.60. The van der Waals surface area contributed by atoms with Crippen molar-refractivity contribution in [1.82, 2.24) is 9.62 Å². The molecule has 1 amide bonds. The first-order valence-electron chi connectivity index (χ1n) is 10.9. The highest BCUT2D eigenvalue weighted by molar-refractivity contribution is 7.89. The van der Waals surface area contributed by atoms with Crippen LogP contribution in [0.3, 0.4) is 0 Å². The number of aryl methyl sites for hydroxylation is 2. The van der Waals surface area contributed by atoms with Gasteiger partial charge in [0.25, 0.3) is 0 Å². The molecule has 2 aromatic rings. The van der Waals surface area contributed by atoms with Gasteiger partial charge in [-0.2, -0.15) is 4.31 Å². The van der Waals surface area contributed by atoms with E-state index in [1.54, 1.807) is 12.1 Å². The Morgan fingerprint density at radius 3 is 2.58 bits per heavy atom. The molecule has 0 radical (unpaired) electrons. The second-order valence-corrected chi connectivity index (χ2v) is 10.4. The van der Waals surface area contributed by atoms with Gasteiger partial charge in [-0.1, -0.05) is 30.3 Å². The molecule has 1 saturated heterocycles. The van der Waals surface area contributed by atoms with E-state index >= 15 is 0 Å². The predicted molar refractivity (Wildman–Crippen MR) is 119 cm³/mol. The molecule has 1 aliphatic heterocycles. The zero-order chi connectivity index (χ0) is 22.0. The lowest BCUT2D eigenvalue weighted by Crippen LogP contribution is -2.44. The van der Waals surface area contributed by atoms with E-state index < -0.39 is 10.0 Å². The molecule has 1 aliphatic carbocycles. The van der Waals surface area contributed by atoms with Gasteiger partial charge in [0.15, 0.2) is 0 Å². The molecule has 0 saturated carbocycles. The molecule has 166 valence electrons. The molecule has 1 atom stereocenters. The van der Waals surface area contributed by atoms with Crippen molar-refractivity contribution in [1.29, 1.82) is 0 Å². The molecule has 4 rings (SSSR count). The number of hydrogen-bond donors (Lipinski definition) is 1. The van der Waals surface area contributed by atoms with E-state index in [2.05, 4.69) is 17.4 Å². The summed E-state index contributed by atoms with van der Waals surface area (Å²) in [6.45, 7) is 2.52. The number of sulfonamides is 1. The molecule has 0 spiro atoms. The van der Waals surface area contributed by atoms with Crippen molar-refractivity contribution in [2.75, 3.05) is 20.2 Å². The van der Waals surface area contributed by atoms with Gasteiger partial charge in [0.2, 0.25) is 15.9 Å². The van der Waals surface area contributed by atoms with Crippen LogP contribution in [0.15, 0.2) is 47.4 Å². The Hall–Kier alpha value is -2.38. The molecule has 0 bridgehead atoms. The second kappa shape index (κ2) is 9.01. The number of amides is 1. The lowest BCUT2D eigenvalue weighted by molar-refractivity contribution is -0.127. The third-order valence-electron chi connectivity index (χ3n) is 6.45. The fourth-order valence-corrected chi connectivity index (χ4v) is 6.39. The number of carbonyl (C=O) groups is 1. The molecule has 0 aromatic heterocycles. The SMILES string of the molecule is COc1ccc(C)cc1S(=O)(=O)N1CCC(C(=O)NC2CCCc3ccccc32)CC1. The smallest absolute Gasteiger partial charge is 0.246 e. The van der Waals surface area contributed by atoms with Crippen LogP contribution >= 0.6 is 0 Å². The average molecular weight is 443 g/mol. The van der Waals surface area contributed by atoms with E-state index in [9.17, 15) is 13.2 Å². The molecule has 1 N–H and O–H groups in total. The number of nitrogens with one attached hydrogen (secondary N) is 1. The molecule has 1 heterocycles. The Balaban J connectivity index is 1.41. The summed E-state index contributed by atoms with van der Waals surface area (Å²) in [5, 5.41) is 3.23. The summed E-state index contributed by atoms with van der Waals surface area (Å²) in [5.41, 5.74) is 3.39. The molecule has 31 heavy (non-hydrogen) atoms. The zero-order valence-corrected chi connectivity index (χ0v) is 19.0. The number of ether oxygens (including phenoxy) is 1. The quantitative estimate of drug-likeness (QED) is 0.768. The van der Waals surface area contributed by atoms with Crippen LogP contribution in [0, 0.1) is 12.8 Å². The summed E-state index contributed by atoms with van der Waals surface area (Å²) in [5.74, 6) is 0.216. The second-order valence-electron chi connectivity index (χ2n) is 8.48. The van der Waals surface area contributed by atoms with Crippen LogP contribution in [-0.2, 0) is 21.2 Å². The van der Waals surface area contributed by atoms with E-state index in [-0.39, 0.29) is 22.8 Å². The first kappa shape index (κ1) is 21.8. The Morgan fingerprint density at radius 1 is 1.10 bits per heavy atom. The minimum absolute atomic E-state index is 0.0342. The third-order valence-corrected chi connectivity index (χ3v) is 8.37. The molecule has 7 heteroatoms. The number of hydrogen-bond acceptors (Lipinski definition) is 4. The van der Waals surface area contributed by atoms with Gasteiger partial charge in [-0.3, -0.25) is 4.79 Å². The number of nitrogens with zero attached hydrogens (tertiary/aromatic N) is 1. The first-order chi connectivity index (χ1) is 14.9. The molecule has 2 aliphatic rings. The topological polar surface area (TPSA) is 75.7 Å². The monoisotopic (exact) mass is 442 g/mol. The minimum atomic E-state index is -3.67. The Labute approximate surface area is 184 Å². The zero-order valence-electron chi connectivity index (χ0n) is 18.1. The van der Waals surface area contributed by atoms with Gasteiger partial charge in [0.05, 0.1) is 13.2 Å². The maximum absolute atomic E-state index is 13.2. The summed E-state index contributed by atoms with van der Waals surface area (Å²) < 4.78 is 33.1. The molecule has 1 fully saturated rings. The first-order valence-corrected chi connectivity index (χ1v) is 12.4. The number of methoxy groups -OCH3 is 1. The molecule has 6 nitrogen and oxygen atoms in total. The molecular formula is C24H30N2O4S. The molecule has 2 aromatic carbocycles. The van der Waals surface area contributed by atoms with Crippen molar-refractivity contribution < 1.29 is 17.9 Å². The fourth-order valence-electron chi connectivity index (χ4n) is 4.68.